The van der Waals surface area contributed by atoms with E-state index in [4.69, 9.17) is 4.74 Å². The zero-order chi connectivity index (χ0) is 19.7. The first kappa shape index (κ1) is 19.0. The van der Waals surface area contributed by atoms with Crippen LogP contribution in [0, 0.1) is 0 Å². The molecule has 0 radical (unpaired) electrons. The molecule has 28 heavy (non-hydrogen) atoms. The molecular formula is C22H24BrN2O3+. The van der Waals surface area contributed by atoms with E-state index in [1.54, 1.807) is 6.07 Å². The highest BCUT2D eigenvalue weighted by molar-refractivity contribution is 9.10. The number of phenols is 1. The fourth-order valence-corrected chi connectivity index (χ4v) is 4.44. The third kappa shape index (κ3) is 3.42. The molecule has 3 aromatic rings. The number of fused-ring (bicyclic) bond motifs is 1. The first-order chi connectivity index (χ1) is 13.6. The van der Waals surface area contributed by atoms with Gasteiger partial charge >= 0.3 is 5.97 Å². The number of para-hydroxylation sites is 1. The maximum absolute atomic E-state index is 13.0. The summed E-state index contributed by atoms with van der Waals surface area (Å²) in [6, 6.07) is 13.6. The number of ether oxygens (including phenoxy) is 1. The maximum Gasteiger partial charge on any atom is 0.340 e. The van der Waals surface area contributed by atoms with Crippen molar-refractivity contribution in [1.82, 2.24) is 4.57 Å². The highest BCUT2D eigenvalue weighted by Crippen LogP contribution is 2.36. The van der Waals surface area contributed by atoms with Crippen LogP contribution in [-0.4, -0.2) is 35.3 Å². The molecule has 0 bridgehead atoms. The summed E-state index contributed by atoms with van der Waals surface area (Å²) in [6.07, 6.45) is 2.42. The smallest absolute Gasteiger partial charge is 0.340 e. The molecule has 0 unspecified atom stereocenters. The van der Waals surface area contributed by atoms with E-state index < -0.39 is 0 Å². The van der Waals surface area contributed by atoms with Gasteiger partial charge in [0.15, 0.2) is 0 Å². The number of esters is 1. The van der Waals surface area contributed by atoms with E-state index in [1.807, 2.05) is 43.3 Å². The zero-order valence-electron chi connectivity index (χ0n) is 15.9. The van der Waals surface area contributed by atoms with Crippen LogP contribution in [0.3, 0.4) is 0 Å². The summed E-state index contributed by atoms with van der Waals surface area (Å²) in [5.41, 5.74) is 3.37. The molecule has 0 spiro atoms. The topological polar surface area (TPSA) is 55.9 Å². The molecule has 0 saturated carbocycles. The Labute approximate surface area is 172 Å². The maximum atomic E-state index is 13.0. The first-order valence-electron chi connectivity index (χ1n) is 9.72. The summed E-state index contributed by atoms with van der Waals surface area (Å²) in [4.78, 5) is 14.4. The first-order valence-corrected chi connectivity index (χ1v) is 10.5. The van der Waals surface area contributed by atoms with Gasteiger partial charge in [0.25, 0.3) is 0 Å². The molecule has 2 N–H and O–H groups in total. The van der Waals surface area contributed by atoms with Gasteiger partial charge in [0.1, 0.15) is 12.3 Å². The summed E-state index contributed by atoms with van der Waals surface area (Å²) < 4.78 is 8.14. The molecule has 146 valence electrons. The normalized spacial score (nSPS) is 14.6. The molecule has 5 nitrogen and oxygen atoms in total. The lowest BCUT2D eigenvalue weighted by Gasteiger charge is -2.16. The highest BCUT2D eigenvalue weighted by Gasteiger charge is 2.29. The van der Waals surface area contributed by atoms with Crippen molar-refractivity contribution in [1.29, 1.82) is 0 Å². The second-order valence-corrected chi connectivity index (χ2v) is 8.02. The second kappa shape index (κ2) is 7.97. The molecule has 1 aliphatic heterocycles. The number of hydrogen-bond donors (Lipinski definition) is 2. The standard InChI is InChI=1S/C22H23BrN2O3/c1-2-28-22(27)21-16-12-20(26)17(23)13-18(16)25(15-8-4-3-5-9-15)19(21)14-24-10-6-7-11-24/h3-5,8-9,12-13,26H,2,6-7,10-11,14H2,1H3/p+1. The molecule has 6 heteroatoms. The number of aromatic hydroxyl groups is 1. The SMILES string of the molecule is CCOC(=O)c1c(C[NH+]2CCCC2)n(-c2ccccc2)c2cc(Br)c(O)cc12. The minimum absolute atomic E-state index is 0.114. The van der Waals surface area contributed by atoms with Gasteiger partial charge in [-0.25, -0.2) is 4.79 Å². The van der Waals surface area contributed by atoms with Crippen molar-refractivity contribution >= 4 is 32.8 Å². The molecule has 1 saturated heterocycles. The summed E-state index contributed by atoms with van der Waals surface area (Å²) in [7, 11) is 0. The lowest BCUT2D eigenvalue weighted by atomic mass is 10.1. The predicted molar refractivity (Wildman–Crippen MR) is 112 cm³/mol. The summed E-state index contributed by atoms with van der Waals surface area (Å²) in [5.74, 6) is -0.221. The average Bonchev–Trinajstić information content (AvgIpc) is 3.29. The fraction of sp³-hybridized carbons (Fsp3) is 0.318. The predicted octanol–water partition coefficient (Wildman–Crippen LogP) is 3.45. The van der Waals surface area contributed by atoms with Crippen LogP contribution in [0.5, 0.6) is 5.75 Å². The fourth-order valence-electron chi connectivity index (χ4n) is 4.11. The van der Waals surface area contributed by atoms with Gasteiger partial charge in [-0.3, -0.25) is 0 Å². The Morgan fingerprint density at radius 3 is 2.61 bits per heavy atom. The molecule has 0 aliphatic carbocycles. The lowest BCUT2D eigenvalue weighted by Crippen LogP contribution is -3.08. The molecule has 0 amide bonds. The van der Waals surface area contributed by atoms with Crippen molar-refractivity contribution in [3.63, 3.8) is 0 Å². The second-order valence-electron chi connectivity index (χ2n) is 7.17. The minimum Gasteiger partial charge on any atom is -0.507 e. The van der Waals surface area contributed by atoms with E-state index in [0.29, 0.717) is 16.6 Å². The van der Waals surface area contributed by atoms with Gasteiger partial charge in [0.2, 0.25) is 0 Å². The van der Waals surface area contributed by atoms with E-state index >= 15 is 0 Å². The number of nitrogens with zero attached hydrogens (tertiary/aromatic N) is 1. The van der Waals surface area contributed by atoms with E-state index in [0.717, 1.165) is 41.9 Å². The third-order valence-electron chi connectivity index (χ3n) is 5.36. The molecule has 2 aromatic carbocycles. The van der Waals surface area contributed by atoms with E-state index in [2.05, 4.69) is 20.5 Å². The lowest BCUT2D eigenvalue weighted by molar-refractivity contribution is -0.901. The van der Waals surface area contributed by atoms with Crippen LogP contribution in [0.2, 0.25) is 0 Å². The molecule has 4 rings (SSSR count). The Morgan fingerprint density at radius 2 is 1.93 bits per heavy atom. The van der Waals surface area contributed by atoms with Crippen LogP contribution >= 0.6 is 15.9 Å². The van der Waals surface area contributed by atoms with E-state index in [9.17, 15) is 9.90 Å². The van der Waals surface area contributed by atoms with Crippen LogP contribution < -0.4 is 4.90 Å². The van der Waals surface area contributed by atoms with Crippen LogP contribution in [-0.2, 0) is 11.3 Å². The number of likely N-dealkylation sites (tertiary alicyclic amines) is 1. The number of nitrogens with one attached hydrogen (secondary N) is 1. The Bertz CT molecular complexity index is 1010. The van der Waals surface area contributed by atoms with Crippen molar-refractivity contribution in [3.05, 3.63) is 58.2 Å². The number of carbonyl (C=O) groups excluding carboxylic acids is 1. The summed E-state index contributed by atoms with van der Waals surface area (Å²) in [6.45, 7) is 5.08. The van der Waals surface area contributed by atoms with Gasteiger partial charge in [0, 0.05) is 23.9 Å². The van der Waals surface area contributed by atoms with E-state index in [1.165, 1.54) is 17.7 Å². The molecule has 1 aliphatic rings. The number of halogens is 1. The number of quaternary nitrogens is 1. The number of rotatable bonds is 5. The van der Waals surface area contributed by atoms with Crippen molar-refractivity contribution in [2.24, 2.45) is 0 Å². The van der Waals surface area contributed by atoms with Gasteiger partial charge < -0.3 is 19.3 Å². The summed E-state index contributed by atoms with van der Waals surface area (Å²) >= 11 is 3.43. The largest absolute Gasteiger partial charge is 0.507 e. The number of aromatic nitrogens is 1. The van der Waals surface area contributed by atoms with E-state index in [-0.39, 0.29) is 11.7 Å². The van der Waals surface area contributed by atoms with Crippen molar-refractivity contribution < 1.29 is 19.5 Å². The van der Waals surface area contributed by atoms with Crippen LogP contribution in [0.4, 0.5) is 0 Å². The summed E-state index contributed by atoms with van der Waals surface area (Å²) in [5, 5.41) is 11.0. The van der Waals surface area contributed by atoms with Crippen molar-refractivity contribution in [2.45, 2.75) is 26.3 Å². The Kier molecular flexibility index (Phi) is 5.42. The number of phenolic OH excluding ortho intramolecular Hbond substituents is 1. The number of hydrogen-bond acceptors (Lipinski definition) is 3. The highest BCUT2D eigenvalue weighted by atomic mass is 79.9. The van der Waals surface area contributed by atoms with Gasteiger partial charge in [-0.1, -0.05) is 18.2 Å². The quantitative estimate of drug-likeness (QED) is 0.593. The third-order valence-corrected chi connectivity index (χ3v) is 5.99. The molecule has 1 fully saturated rings. The monoisotopic (exact) mass is 443 g/mol. The Balaban J connectivity index is 2.02. The van der Waals surface area contributed by atoms with Crippen molar-refractivity contribution in [3.8, 4) is 11.4 Å². The van der Waals surface area contributed by atoms with Gasteiger partial charge in [-0.05, 0) is 47.1 Å². The van der Waals surface area contributed by atoms with Gasteiger partial charge in [-0.2, -0.15) is 0 Å². The van der Waals surface area contributed by atoms with Gasteiger partial charge in [0.05, 0.1) is 40.9 Å². The minimum atomic E-state index is -0.336. The van der Waals surface area contributed by atoms with Crippen LogP contribution in [0.15, 0.2) is 46.9 Å². The Hall–Kier alpha value is -2.31. The molecule has 0 atom stereocenters. The molecular weight excluding hydrogens is 420 g/mol. The number of carbonyl (C=O) groups is 1. The average molecular weight is 444 g/mol. The van der Waals surface area contributed by atoms with Crippen LogP contribution in [0.25, 0.3) is 16.6 Å². The van der Waals surface area contributed by atoms with Crippen molar-refractivity contribution in [2.75, 3.05) is 19.7 Å². The Morgan fingerprint density at radius 1 is 1.21 bits per heavy atom. The molecule has 2 heterocycles. The van der Waals surface area contributed by atoms with Gasteiger partial charge in [-0.15, -0.1) is 0 Å². The molecule has 1 aromatic heterocycles. The number of benzene rings is 2. The van der Waals surface area contributed by atoms with Crippen LogP contribution in [0.1, 0.15) is 35.8 Å². The zero-order valence-corrected chi connectivity index (χ0v) is 17.5.